The van der Waals surface area contributed by atoms with E-state index in [9.17, 15) is 45.4 Å². The third-order valence-electron chi connectivity index (χ3n) is 7.05. The lowest BCUT2D eigenvalue weighted by Gasteiger charge is -2.35. The van der Waals surface area contributed by atoms with Gasteiger partial charge in [-0.15, -0.1) is 0 Å². The lowest BCUT2D eigenvalue weighted by atomic mass is 9.77. The molecule has 2 aromatic carbocycles. The van der Waals surface area contributed by atoms with E-state index in [-0.39, 0.29) is 41.6 Å². The number of halogens is 7. The first kappa shape index (κ1) is 25.9. The summed E-state index contributed by atoms with van der Waals surface area (Å²) in [6, 6.07) is 5.93. The minimum Gasteiger partial charge on any atom is -0.478 e. The summed E-state index contributed by atoms with van der Waals surface area (Å²) in [5, 5.41) is 18.6. The number of carboxylic acid groups (broad SMARTS) is 2. The number of likely N-dealkylation sites (tertiary alicyclic amines) is 1. The fraction of sp³-hybridized carbons (Fsp3) is 0.417. The van der Waals surface area contributed by atoms with Gasteiger partial charge in [-0.1, -0.05) is 24.3 Å². The molecule has 1 saturated heterocycles. The van der Waals surface area contributed by atoms with Crippen molar-refractivity contribution in [2.45, 2.75) is 55.8 Å². The summed E-state index contributed by atoms with van der Waals surface area (Å²) in [4.78, 5) is 24.8. The molecule has 0 aromatic heterocycles. The molecule has 0 radical (unpaired) electrons. The Morgan fingerprint density at radius 3 is 2.14 bits per heavy atom. The first-order chi connectivity index (χ1) is 16.6. The van der Waals surface area contributed by atoms with E-state index in [1.165, 1.54) is 12.1 Å². The molecule has 2 unspecified atom stereocenters. The van der Waals surface area contributed by atoms with Crippen LogP contribution in [0.4, 0.5) is 30.7 Å². The minimum absolute atomic E-state index is 0.121. The number of hydrogen-bond acceptors (Lipinski definition) is 3. The van der Waals surface area contributed by atoms with Crippen molar-refractivity contribution < 1.29 is 50.5 Å². The van der Waals surface area contributed by atoms with Gasteiger partial charge in [0.05, 0.1) is 11.1 Å². The molecule has 194 valence electrons. The minimum atomic E-state index is -6.18. The second kappa shape index (κ2) is 8.75. The van der Waals surface area contributed by atoms with Crippen molar-refractivity contribution in [2.75, 3.05) is 6.54 Å². The molecular weight excluding hydrogens is 499 g/mol. The van der Waals surface area contributed by atoms with Gasteiger partial charge in [-0.05, 0) is 54.6 Å². The molecule has 1 heterocycles. The van der Waals surface area contributed by atoms with Crippen molar-refractivity contribution >= 4 is 11.9 Å². The molecule has 2 aromatic rings. The van der Waals surface area contributed by atoms with Gasteiger partial charge < -0.3 is 10.2 Å². The van der Waals surface area contributed by atoms with Gasteiger partial charge >= 0.3 is 30.0 Å². The van der Waals surface area contributed by atoms with Crippen LogP contribution in [0.3, 0.4) is 0 Å². The fourth-order valence-electron chi connectivity index (χ4n) is 5.32. The number of aromatic carboxylic acids is 2. The number of benzene rings is 2. The average molecular weight is 519 g/mol. The molecule has 2 N–H and O–H groups in total. The van der Waals surface area contributed by atoms with E-state index >= 15 is 0 Å². The third-order valence-corrected chi connectivity index (χ3v) is 7.05. The molecule has 12 heteroatoms. The molecule has 2 atom stereocenters. The van der Waals surface area contributed by atoms with E-state index in [4.69, 9.17) is 5.11 Å². The maximum atomic E-state index is 14.5. The van der Waals surface area contributed by atoms with Crippen molar-refractivity contribution in [3.8, 4) is 0 Å². The van der Waals surface area contributed by atoms with E-state index in [1.54, 1.807) is 0 Å². The van der Waals surface area contributed by atoms with Crippen molar-refractivity contribution in [1.29, 1.82) is 0 Å². The van der Waals surface area contributed by atoms with E-state index < -0.39 is 35.5 Å². The maximum absolute atomic E-state index is 14.5. The third kappa shape index (κ3) is 4.21. The number of hydrogen-bond donors (Lipinski definition) is 2. The summed E-state index contributed by atoms with van der Waals surface area (Å²) in [7, 11) is 0. The summed E-state index contributed by atoms with van der Waals surface area (Å²) in [5.74, 6) is -2.81. The maximum Gasteiger partial charge on any atom is 0.435 e. The van der Waals surface area contributed by atoms with Crippen molar-refractivity contribution in [2.24, 2.45) is 0 Å². The van der Waals surface area contributed by atoms with Crippen molar-refractivity contribution in [3.63, 3.8) is 0 Å². The van der Waals surface area contributed by atoms with E-state index in [1.807, 2.05) is 4.90 Å². The number of alkyl halides is 7. The first-order valence-corrected chi connectivity index (χ1v) is 10.9. The zero-order chi connectivity index (χ0) is 26.6. The largest absolute Gasteiger partial charge is 0.478 e. The highest BCUT2D eigenvalue weighted by Crippen LogP contribution is 2.54. The Balaban J connectivity index is 1.61. The highest BCUT2D eigenvalue weighted by atomic mass is 19.4. The Morgan fingerprint density at radius 2 is 1.56 bits per heavy atom. The summed E-state index contributed by atoms with van der Waals surface area (Å²) in [6.45, 7) is 0.653. The number of fused-ring (bicyclic) bond motifs is 3. The predicted octanol–water partition coefficient (Wildman–Crippen LogP) is 5.68. The lowest BCUT2D eigenvalue weighted by molar-refractivity contribution is -0.348. The molecule has 36 heavy (non-hydrogen) atoms. The topological polar surface area (TPSA) is 77.8 Å². The lowest BCUT2D eigenvalue weighted by Crippen LogP contribution is -2.50. The van der Waals surface area contributed by atoms with Crippen LogP contribution in [0.2, 0.25) is 0 Å². The van der Waals surface area contributed by atoms with Gasteiger partial charge in [0.2, 0.25) is 0 Å². The van der Waals surface area contributed by atoms with E-state index in [2.05, 4.69) is 0 Å². The van der Waals surface area contributed by atoms with Crippen LogP contribution in [0.25, 0.3) is 0 Å². The van der Waals surface area contributed by atoms with Gasteiger partial charge in [0.1, 0.15) is 0 Å². The van der Waals surface area contributed by atoms with Gasteiger partial charge in [0, 0.05) is 24.1 Å². The van der Waals surface area contributed by atoms with Crippen molar-refractivity contribution in [3.05, 3.63) is 69.8 Å². The zero-order valence-electron chi connectivity index (χ0n) is 18.5. The summed E-state index contributed by atoms with van der Waals surface area (Å²) < 4.78 is 93.6. The van der Waals surface area contributed by atoms with Crippen LogP contribution >= 0.6 is 0 Å². The average Bonchev–Trinajstić information content (AvgIpc) is 3.19. The highest BCUT2D eigenvalue weighted by Gasteiger charge is 2.73. The van der Waals surface area contributed by atoms with Crippen LogP contribution in [-0.4, -0.2) is 52.0 Å². The Hall–Kier alpha value is -3.15. The van der Waals surface area contributed by atoms with Crippen LogP contribution < -0.4 is 0 Å². The monoisotopic (exact) mass is 519 g/mol. The van der Waals surface area contributed by atoms with Crippen molar-refractivity contribution in [1.82, 2.24) is 4.90 Å². The first-order valence-electron chi connectivity index (χ1n) is 10.9. The Labute approximate surface area is 200 Å². The fourth-order valence-corrected chi connectivity index (χ4v) is 5.32. The Kier molecular flexibility index (Phi) is 6.30. The van der Waals surface area contributed by atoms with Gasteiger partial charge in [-0.2, -0.15) is 26.3 Å². The van der Waals surface area contributed by atoms with Crippen LogP contribution in [0.5, 0.6) is 0 Å². The normalized spacial score (nSPS) is 20.6. The van der Waals surface area contributed by atoms with Gasteiger partial charge in [0.15, 0.2) is 0 Å². The molecule has 2 aliphatic rings. The van der Waals surface area contributed by atoms with Crippen LogP contribution in [0.1, 0.15) is 61.7 Å². The summed E-state index contributed by atoms with van der Waals surface area (Å²) in [6.07, 6.45) is -11.4. The number of aryl methyl sites for hydroxylation is 1. The van der Waals surface area contributed by atoms with Crippen LogP contribution in [0.15, 0.2) is 36.4 Å². The molecule has 1 fully saturated rings. The van der Waals surface area contributed by atoms with Gasteiger partial charge in [-0.3, -0.25) is 4.90 Å². The second-order valence-corrected chi connectivity index (χ2v) is 9.02. The molecule has 4 rings (SSSR count). The molecule has 0 bridgehead atoms. The number of rotatable bonds is 5. The molecule has 0 amide bonds. The number of nitrogens with zero attached hydrogens (tertiary/aromatic N) is 1. The molecule has 1 aliphatic carbocycles. The summed E-state index contributed by atoms with van der Waals surface area (Å²) in [5.41, 5.74) is -6.18. The number of carboxylic acids is 2. The highest BCUT2D eigenvalue weighted by molar-refractivity contribution is 5.94. The SMILES string of the molecule is O=C(O)c1ccc(CN2CCC3c4ccc(C(F)(C(F)(F)F)C(F)(F)F)cc4CCC32)c(C(=O)O)c1. The predicted molar refractivity (Wildman–Crippen MR) is 112 cm³/mol. The molecule has 5 nitrogen and oxygen atoms in total. The molecule has 0 saturated carbocycles. The van der Waals surface area contributed by atoms with Gasteiger partial charge in [-0.25, -0.2) is 14.0 Å². The van der Waals surface area contributed by atoms with Crippen LogP contribution in [-0.2, 0) is 18.6 Å². The second-order valence-electron chi connectivity index (χ2n) is 9.02. The van der Waals surface area contributed by atoms with E-state index in [0.717, 1.165) is 12.1 Å². The van der Waals surface area contributed by atoms with Gasteiger partial charge in [0.25, 0.3) is 0 Å². The summed E-state index contributed by atoms with van der Waals surface area (Å²) >= 11 is 0. The quantitative estimate of drug-likeness (QED) is 0.498. The molecular formula is C24H20F7NO4. The Bertz CT molecular complexity index is 1190. The van der Waals surface area contributed by atoms with E-state index in [0.29, 0.717) is 42.6 Å². The standard InChI is InChI=1S/C24H20F7NO4/c25-22(23(26,27)28,24(29,30)31)15-4-5-16-12(9-15)3-6-19-17(16)7-8-32(19)11-14-2-1-13(20(33)34)10-18(14)21(35)36/h1-2,4-5,9-10,17,19H,3,6-8,11H2,(H,33,34)(H,35,36). The Morgan fingerprint density at radius 1 is 0.889 bits per heavy atom. The molecule has 0 spiro atoms. The number of carbonyl (C=O) groups is 2. The smallest absolute Gasteiger partial charge is 0.435 e. The zero-order valence-corrected chi connectivity index (χ0v) is 18.5. The molecule has 1 aliphatic heterocycles. The van der Waals surface area contributed by atoms with Crippen LogP contribution in [0, 0.1) is 0 Å².